The van der Waals surface area contributed by atoms with Crippen LogP contribution in [0.4, 0.5) is 5.69 Å². The van der Waals surface area contributed by atoms with Gasteiger partial charge in [0.05, 0.1) is 0 Å². The van der Waals surface area contributed by atoms with Gasteiger partial charge in [0.25, 0.3) is 11.8 Å². The van der Waals surface area contributed by atoms with Gasteiger partial charge in [0.1, 0.15) is 28.7 Å². The third-order valence-electron chi connectivity index (χ3n) is 10.5. The van der Waals surface area contributed by atoms with Gasteiger partial charge in [-0.1, -0.05) is 146 Å². The number of nitrogens with zero attached hydrogens (tertiary/aromatic N) is 1. The van der Waals surface area contributed by atoms with Crippen LogP contribution in [-0.4, -0.2) is 24.0 Å². The molecule has 0 bridgehead atoms. The summed E-state index contributed by atoms with van der Waals surface area (Å²) in [6.45, 7) is 0.600. The largest absolute Gasteiger partial charge is 1.00 e. The summed E-state index contributed by atoms with van der Waals surface area (Å²) in [6, 6.07) is 69.6. The second kappa shape index (κ2) is 16.2. The van der Waals surface area contributed by atoms with E-state index in [1.807, 2.05) is 102 Å². The highest BCUT2D eigenvalue weighted by atomic mass is 79.9. The first-order valence-electron chi connectivity index (χ1n) is 18.1. The van der Waals surface area contributed by atoms with Crippen LogP contribution >= 0.6 is 7.26 Å². The Morgan fingerprint density at radius 3 is 1.24 bits per heavy atom. The number of carbonyl (C=O) groups excluding carboxylic acids is 2. The van der Waals surface area contributed by atoms with Crippen molar-refractivity contribution in [3.63, 3.8) is 0 Å². The molecule has 8 rings (SSSR count). The van der Waals surface area contributed by atoms with Gasteiger partial charge < -0.3 is 27.2 Å². The zero-order valence-corrected chi connectivity index (χ0v) is 32.2. The van der Waals surface area contributed by atoms with Crippen LogP contribution in [0.5, 0.6) is 0 Å². The first kappa shape index (κ1) is 36.7. The van der Waals surface area contributed by atoms with E-state index in [1.54, 1.807) is 0 Å². The number of amides is 2. The van der Waals surface area contributed by atoms with Crippen molar-refractivity contribution < 1.29 is 26.6 Å². The summed E-state index contributed by atoms with van der Waals surface area (Å²) in [5.41, 5.74) is 3.01. The maximum atomic E-state index is 14.8. The predicted molar refractivity (Wildman–Crippen MR) is 219 cm³/mol. The van der Waals surface area contributed by atoms with Gasteiger partial charge in [0, 0.05) is 24.2 Å². The normalized spacial score (nSPS) is 14.3. The first-order valence-corrected chi connectivity index (χ1v) is 19.9. The van der Waals surface area contributed by atoms with Crippen LogP contribution in [0.3, 0.4) is 0 Å². The van der Waals surface area contributed by atoms with Crippen molar-refractivity contribution in [2.45, 2.75) is 17.6 Å². The minimum atomic E-state index is -2.41. The minimum absolute atomic E-state index is 0. The van der Waals surface area contributed by atoms with E-state index in [0.29, 0.717) is 12.1 Å². The van der Waals surface area contributed by atoms with Crippen LogP contribution in [0.1, 0.15) is 33.5 Å². The van der Waals surface area contributed by atoms with Gasteiger partial charge in [0.15, 0.2) is 5.66 Å². The van der Waals surface area contributed by atoms with E-state index < -0.39 is 12.8 Å². The number of rotatable bonds is 10. The second-order valence-corrected chi connectivity index (χ2v) is 17.0. The van der Waals surface area contributed by atoms with E-state index in [-0.39, 0.29) is 34.5 Å². The van der Waals surface area contributed by atoms with E-state index in [9.17, 15) is 9.59 Å². The minimum Gasteiger partial charge on any atom is -1.00 e. The summed E-state index contributed by atoms with van der Waals surface area (Å²) < 4.78 is 0. The molecule has 1 heterocycles. The molecule has 1 N–H and O–H groups in total. The van der Waals surface area contributed by atoms with Crippen LogP contribution in [0.25, 0.3) is 0 Å². The van der Waals surface area contributed by atoms with E-state index >= 15 is 0 Å². The van der Waals surface area contributed by atoms with Gasteiger partial charge in [0.2, 0.25) is 0 Å². The maximum Gasteiger partial charge on any atom is 0.268 e. The van der Waals surface area contributed by atoms with Crippen molar-refractivity contribution in [1.29, 1.82) is 0 Å². The van der Waals surface area contributed by atoms with Crippen LogP contribution in [-0.2, 0) is 10.3 Å². The van der Waals surface area contributed by atoms with Gasteiger partial charge >= 0.3 is 0 Å². The fourth-order valence-electron chi connectivity index (χ4n) is 8.07. The average molecular weight is 788 g/mol. The standard InChI is InChI=1S/C48H39N2O2P.BrH/c51-46(49-48(38-19-7-1-8-20-38,39-21-9-2-10-22-39)40-23-11-3-12-24-40)37-31-33-41(34-32-37)50-36-35-45(47(50)52)53(42-25-13-4-14-26-42,43-27-15-5-16-28-43)44-29-17-6-18-30-44;/h1-34,45H,35-36H2;1H. The highest BCUT2D eigenvalue weighted by Crippen LogP contribution is 2.62. The third-order valence-corrected chi connectivity index (χ3v) is 15.2. The summed E-state index contributed by atoms with van der Waals surface area (Å²) in [5.74, 6) is -0.0933. The van der Waals surface area contributed by atoms with Gasteiger partial charge in [-0.25, -0.2) is 0 Å². The fourth-order valence-corrected chi connectivity index (χ4v) is 12.9. The van der Waals surface area contributed by atoms with Crippen LogP contribution in [0.2, 0.25) is 0 Å². The SMILES string of the molecule is O=C(NC(c1ccccc1)(c1ccccc1)c1ccccc1)c1ccc(N2CCC([P+](c3ccccc3)(c3ccccc3)c3ccccc3)C2=O)cc1.[Br-]. The summed E-state index contributed by atoms with van der Waals surface area (Å²) in [7, 11) is -2.41. The molecule has 266 valence electrons. The Balaban J connectivity index is 0.00000450. The van der Waals surface area contributed by atoms with Crippen molar-refractivity contribution in [3.8, 4) is 0 Å². The van der Waals surface area contributed by atoms with Crippen LogP contribution in [0, 0.1) is 0 Å². The van der Waals surface area contributed by atoms with E-state index in [0.717, 1.165) is 28.8 Å². The molecule has 7 aromatic carbocycles. The number of halogens is 1. The van der Waals surface area contributed by atoms with Crippen molar-refractivity contribution >= 4 is 40.7 Å². The van der Waals surface area contributed by atoms with Crippen LogP contribution in [0.15, 0.2) is 206 Å². The van der Waals surface area contributed by atoms with Crippen molar-refractivity contribution in [3.05, 3.63) is 229 Å². The fraction of sp³-hybridized carbons (Fsp3) is 0.0833. The van der Waals surface area contributed by atoms with E-state index in [2.05, 4.69) is 115 Å². The summed E-state index contributed by atoms with van der Waals surface area (Å²) >= 11 is 0. The van der Waals surface area contributed by atoms with Crippen molar-refractivity contribution in [1.82, 2.24) is 5.32 Å². The topological polar surface area (TPSA) is 49.4 Å². The molecule has 0 radical (unpaired) electrons. The summed E-state index contributed by atoms with van der Waals surface area (Å²) in [6.07, 6.45) is 0.723. The van der Waals surface area contributed by atoms with Gasteiger partial charge in [-0.3, -0.25) is 9.59 Å². The maximum absolute atomic E-state index is 14.8. The molecule has 1 aliphatic heterocycles. The van der Waals surface area contributed by atoms with Crippen LogP contribution < -0.4 is 43.1 Å². The zero-order chi connectivity index (χ0) is 36.1. The summed E-state index contributed by atoms with van der Waals surface area (Å²) in [5, 5.41) is 7.05. The first-order chi connectivity index (χ1) is 26.1. The molecule has 2 amide bonds. The van der Waals surface area contributed by atoms with Gasteiger partial charge in [-0.2, -0.15) is 0 Å². The Bertz CT molecular complexity index is 2100. The smallest absolute Gasteiger partial charge is 0.268 e. The molecule has 1 aliphatic rings. The van der Waals surface area contributed by atoms with Gasteiger partial charge in [-0.05, 0) is 77.4 Å². The quantitative estimate of drug-likeness (QED) is 0.147. The third kappa shape index (κ3) is 6.59. The van der Waals surface area contributed by atoms with E-state index in [4.69, 9.17) is 0 Å². The van der Waals surface area contributed by atoms with Crippen molar-refractivity contribution in [2.24, 2.45) is 0 Å². The lowest BCUT2D eigenvalue weighted by atomic mass is 9.77. The monoisotopic (exact) mass is 786 g/mol. The molecule has 0 saturated carbocycles. The highest BCUT2D eigenvalue weighted by Gasteiger charge is 2.58. The molecule has 54 heavy (non-hydrogen) atoms. The molecule has 1 unspecified atom stereocenters. The molecule has 1 fully saturated rings. The van der Waals surface area contributed by atoms with Gasteiger partial charge in [-0.15, -0.1) is 0 Å². The number of benzene rings is 7. The Morgan fingerprint density at radius 1 is 0.519 bits per heavy atom. The zero-order valence-electron chi connectivity index (χ0n) is 29.7. The number of hydrogen-bond acceptors (Lipinski definition) is 2. The molecule has 6 heteroatoms. The lowest BCUT2D eigenvalue weighted by molar-refractivity contribution is -0.116. The second-order valence-electron chi connectivity index (χ2n) is 13.4. The predicted octanol–water partition coefficient (Wildman–Crippen LogP) is 5.51. The van der Waals surface area contributed by atoms with Crippen molar-refractivity contribution in [2.75, 3.05) is 11.4 Å². The molecule has 0 aromatic heterocycles. The Labute approximate surface area is 328 Å². The molecule has 4 nitrogen and oxygen atoms in total. The molecule has 1 saturated heterocycles. The number of nitrogens with one attached hydrogen (secondary N) is 1. The average Bonchev–Trinajstić information content (AvgIpc) is 3.63. The Morgan fingerprint density at radius 2 is 0.870 bits per heavy atom. The molecule has 0 aliphatic carbocycles. The Kier molecular flexibility index (Phi) is 11.0. The number of hydrogen-bond donors (Lipinski definition) is 1. The molecule has 7 aromatic rings. The lowest BCUT2D eigenvalue weighted by Crippen LogP contribution is -3.00. The number of anilines is 1. The lowest BCUT2D eigenvalue weighted by Gasteiger charge is -2.37. The Hall–Kier alpha value is -5.61. The molecular formula is C48H40BrN2O2P. The summed E-state index contributed by atoms with van der Waals surface area (Å²) in [4.78, 5) is 31.1. The highest BCUT2D eigenvalue weighted by molar-refractivity contribution is 7.97. The number of carbonyl (C=O) groups is 2. The molecular weight excluding hydrogens is 747 g/mol. The van der Waals surface area contributed by atoms with E-state index in [1.165, 1.54) is 15.9 Å². The molecule has 0 spiro atoms. The molecule has 1 atom stereocenters.